The van der Waals surface area contributed by atoms with Crippen LogP contribution >= 0.6 is 0 Å². The average molecular weight is 249 g/mol. The van der Waals surface area contributed by atoms with Crippen LogP contribution in [-0.4, -0.2) is 17.6 Å². The van der Waals surface area contributed by atoms with Crippen molar-refractivity contribution in [2.24, 2.45) is 5.92 Å². The molecule has 2 aromatic rings. The molecule has 0 aliphatic rings. The molecule has 0 radical (unpaired) electrons. The molecule has 6 nitrogen and oxygen atoms in total. The molecule has 0 atom stereocenters. The second kappa shape index (κ2) is 4.95. The van der Waals surface area contributed by atoms with Crippen LogP contribution in [0.5, 0.6) is 0 Å². The fraction of sp³-hybridized carbons (Fsp3) is 0.333. The van der Waals surface area contributed by atoms with Gasteiger partial charge in [0.1, 0.15) is 5.56 Å². The van der Waals surface area contributed by atoms with Crippen molar-refractivity contribution in [1.29, 1.82) is 0 Å². The molecule has 6 heteroatoms. The number of carbonyl (C=O) groups is 1. The number of nitrogens with zero attached hydrogens (tertiary/aromatic N) is 1. The van der Waals surface area contributed by atoms with Gasteiger partial charge in [0.2, 0.25) is 5.88 Å². The molecular formula is C12H15N3O3. The summed E-state index contributed by atoms with van der Waals surface area (Å²) in [6, 6.07) is 3.40. The lowest BCUT2D eigenvalue weighted by Crippen LogP contribution is -2.28. The minimum absolute atomic E-state index is 0.0114. The molecule has 0 aliphatic heterocycles. The van der Waals surface area contributed by atoms with E-state index < -0.39 is 0 Å². The van der Waals surface area contributed by atoms with Crippen molar-refractivity contribution in [2.75, 3.05) is 12.3 Å². The van der Waals surface area contributed by atoms with Gasteiger partial charge in [-0.05, 0) is 18.1 Å². The lowest BCUT2D eigenvalue weighted by Gasteiger charge is -2.06. The minimum atomic E-state index is -0.311. The van der Waals surface area contributed by atoms with Crippen molar-refractivity contribution >= 4 is 11.8 Å². The zero-order chi connectivity index (χ0) is 13.1. The van der Waals surface area contributed by atoms with E-state index in [1.54, 1.807) is 12.1 Å². The topological polar surface area (TPSA) is 94.3 Å². The fourth-order valence-corrected chi connectivity index (χ4v) is 1.49. The van der Waals surface area contributed by atoms with Crippen LogP contribution in [0.15, 0.2) is 27.3 Å². The summed E-state index contributed by atoms with van der Waals surface area (Å²) >= 11 is 0. The zero-order valence-corrected chi connectivity index (χ0v) is 10.3. The number of furan rings is 1. The van der Waals surface area contributed by atoms with Crippen molar-refractivity contribution in [1.82, 2.24) is 10.5 Å². The molecule has 0 aromatic carbocycles. The zero-order valence-electron chi connectivity index (χ0n) is 10.3. The number of carbonyl (C=O) groups excluding carboxylic acids is 1. The second-order valence-electron chi connectivity index (χ2n) is 4.35. The van der Waals surface area contributed by atoms with Gasteiger partial charge in [-0.2, -0.15) is 0 Å². The summed E-state index contributed by atoms with van der Waals surface area (Å²) in [5.74, 6) is 0.476. The molecule has 0 fully saturated rings. The van der Waals surface area contributed by atoms with Crippen LogP contribution in [0.3, 0.4) is 0 Å². The first kappa shape index (κ1) is 12.2. The van der Waals surface area contributed by atoms with Crippen LogP contribution < -0.4 is 11.1 Å². The lowest BCUT2D eigenvalue weighted by atomic mass is 10.1. The summed E-state index contributed by atoms with van der Waals surface area (Å²) in [5.41, 5.74) is 6.15. The van der Waals surface area contributed by atoms with Gasteiger partial charge in [-0.3, -0.25) is 4.79 Å². The first-order valence-corrected chi connectivity index (χ1v) is 5.66. The summed E-state index contributed by atoms with van der Waals surface area (Å²) in [6.45, 7) is 4.57. The molecule has 0 unspecified atom stereocenters. The Morgan fingerprint density at radius 1 is 1.56 bits per heavy atom. The van der Waals surface area contributed by atoms with E-state index in [-0.39, 0.29) is 17.4 Å². The summed E-state index contributed by atoms with van der Waals surface area (Å²) < 4.78 is 10.0. The van der Waals surface area contributed by atoms with Gasteiger partial charge in [0, 0.05) is 6.54 Å². The normalized spacial score (nSPS) is 10.8. The van der Waals surface area contributed by atoms with E-state index in [1.165, 1.54) is 6.26 Å². The van der Waals surface area contributed by atoms with Crippen molar-refractivity contribution in [3.63, 3.8) is 0 Å². The standard InChI is InChI=1S/C12H15N3O3/c1-7(2)6-14-12(16)9-10(15-18-11(9)13)8-4-3-5-17-8/h3-5,7H,6,13H2,1-2H3,(H,14,16). The summed E-state index contributed by atoms with van der Waals surface area (Å²) in [4.78, 5) is 12.0. The Morgan fingerprint density at radius 3 is 2.94 bits per heavy atom. The maximum absolute atomic E-state index is 12.0. The molecule has 0 aliphatic carbocycles. The molecule has 3 N–H and O–H groups in total. The van der Waals surface area contributed by atoms with Gasteiger partial charge in [-0.15, -0.1) is 0 Å². The van der Waals surface area contributed by atoms with Gasteiger partial charge in [-0.25, -0.2) is 0 Å². The smallest absolute Gasteiger partial charge is 0.259 e. The molecule has 2 rings (SSSR count). The summed E-state index contributed by atoms with van der Waals surface area (Å²) in [7, 11) is 0. The quantitative estimate of drug-likeness (QED) is 0.863. The van der Waals surface area contributed by atoms with Gasteiger partial charge in [0.15, 0.2) is 11.5 Å². The second-order valence-corrected chi connectivity index (χ2v) is 4.35. The molecule has 0 saturated carbocycles. The predicted octanol–water partition coefficient (Wildman–Crippen LogP) is 1.90. The van der Waals surface area contributed by atoms with E-state index in [0.717, 1.165) is 0 Å². The van der Waals surface area contributed by atoms with Crippen LogP contribution in [-0.2, 0) is 0 Å². The number of rotatable bonds is 4. The largest absolute Gasteiger partial charge is 0.463 e. The molecule has 0 spiro atoms. The number of amides is 1. The van der Waals surface area contributed by atoms with E-state index in [0.29, 0.717) is 23.9 Å². The summed E-state index contributed by atoms with van der Waals surface area (Å²) in [5, 5.41) is 6.52. The molecule has 2 heterocycles. The van der Waals surface area contributed by atoms with Gasteiger partial charge >= 0.3 is 0 Å². The molecule has 1 amide bonds. The Kier molecular flexibility index (Phi) is 3.36. The molecular weight excluding hydrogens is 234 g/mol. The SMILES string of the molecule is CC(C)CNC(=O)c1c(-c2ccco2)noc1N. The highest BCUT2D eigenvalue weighted by Crippen LogP contribution is 2.27. The minimum Gasteiger partial charge on any atom is -0.463 e. The predicted molar refractivity (Wildman–Crippen MR) is 65.8 cm³/mol. The highest BCUT2D eigenvalue weighted by molar-refractivity contribution is 6.03. The highest BCUT2D eigenvalue weighted by Gasteiger charge is 2.23. The number of anilines is 1. The Morgan fingerprint density at radius 2 is 2.33 bits per heavy atom. The molecule has 0 saturated heterocycles. The van der Waals surface area contributed by atoms with E-state index >= 15 is 0 Å². The average Bonchev–Trinajstić information content (AvgIpc) is 2.94. The van der Waals surface area contributed by atoms with Gasteiger partial charge < -0.3 is 20.0 Å². The third-order valence-corrected chi connectivity index (χ3v) is 2.37. The third-order valence-electron chi connectivity index (χ3n) is 2.37. The number of nitrogens with one attached hydrogen (secondary N) is 1. The van der Waals surface area contributed by atoms with Crippen LogP contribution in [0.25, 0.3) is 11.5 Å². The van der Waals surface area contributed by atoms with Crippen molar-refractivity contribution in [3.8, 4) is 11.5 Å². The molecule has 18 heavy (non-hydrogen) atoms. The van der Waals surface area contributed by atoms with Gasteiger partial charge in [0.05, 0.1) is 6.26 Å². The Hall–Kier alpha value is -2.24. The van der Waals surface area contributed by atoms with Crippen molar-refractivity contribution in [2.45, 2.75) is 13.8 Å². The lowest BCUT2D eigenvalue weighted by molar-refractivity contribution is 0.0950. The number of aromatic nitrogens is 1. The van der Waals surface area contributed by atoms with Crippen LogP contribution in [0.4, 0.5) is 5.88 Å². The van der Waals surface area contributed by atoms with Crippen LogP contribution in [0.2, 0.25) is 0 Å². The number of nitrogen functional groups attached to an aromatic ring is 1. The molecule has 0 bridgehead atoms. The number of hydrogen-bond donors (Lipinski definition) is 2. The Labute approximate surface area is 104 Å². The van der Waals surface area contributed by atoms with E-state index in [9.17, 15) is 4.79 Å². The third kappa shape index (κ3) is 2.37. The number of nitrogens with two attached hydrogens (primary N) is 1. The molecule has 2 aromatic heterocycles. The first-order chi connectivity index (χ1) is 8.59. The van der Waals surface area contributed by atoms with Crippen LogP contribution in [0, 0.1) is 5.92 Å². The maximum atomic E-state index is 12.0. The fourth-order valence-electron chi connectivity index (χ4n) is 1.49. The van der Waals surface area contributed by atoms with E-state index in [4.69, 9.17) is 14.7 Å². The highest BCUT2D eigenvalue weighted by atomic mass is 16.5. The Balaban J connectivity index is 2.27. The Bertz CT molecular complexity index is 529. The van der Waals surface area contributed by atoms with Crippen molar-refractivity contribution in [3.05, 3.63) is 24.0 Å². The van der Waals surface area contributed by atoms with Gasteiger partial charge in [0.25, 0.3) is 5.91 Å². The summed E-state index contributed by atoms with van der Waals surface area (Å²) in [6.07, 6.45) is 1.50. The van der Waals surface area contributed by atoms with E-state index in [1.807, 2.05) is 13.8 Å². The van der Waals surface area contributed by atoms with Gasteiger partial charge in [-0.1, -0.05) is 19.0 Å². The van der Waals surface area contributed by atoms with Crippen LogP contribution in [0.1, 0.15) is 24.2 Å². The van der Waals surface area contributed by atoms with Crippen molar-refractivity contribution < 1.29 is 13.7 Å². The molecule has 96 valence electrons. The van der Waals surface area contributed by atoms with E-state index in [2.05, 4.69) is 10.5 Å². The monoisotopic (exact) mass is 249 g/mol. The number of hydrogen-bond acceptors (Lipinski definition) is 5. The maximum Gasteiger partial charge on any atom is 0.259 e. The first-order valence-electron chi connectivity index (χ1n) is 5.66.